The molecule has 3 heterocycles. The third-order valence-corrected chi connectivity index (χ3v) is 8.62. The van der Waals surface area contributed by atoms with Crippen molar-refractivity contribution in [3.63, 3.8) is 0 Å². The van der Waals surface area contributed by atoms with E-state index in [0.717, 1.165) is 19.1 Å². The number of fused-ring (bicyclic) bond motifs is 1. The molecule has 1 aromatic carbocycles. The van der Waals surface area contributed by atoms with Crippen LogP contribution < -0.4 is 10.3 Å². The molecule has 0 bridgehead atoms. The third-order valence-electron chi connectivity index (χ3n) is 5.48. The average molecular weight is 521 g/mol. The van der Waals surface area contributed by atoms with Crippen molar-refractivity contribution in [1.82, 2.24) is 9.78 Å². The van der Waals surface area contributed by atoms with Crippen molar-refractivity contribution in [3.05, 3.63) is 51.6 Å². The molecule has 3 aromatic rings. The molecule has 10 nitrogen and oxygen atoms in total. The molecule has 178 valence electrons. The lowest BCUT2D eigenvalue weighted by atomic mass is 10.1. The minimum atomic E-state index is -3.98. The Morgan fingerprint density at radius 1 is 1.26 bits per heavy atom. The van der Waals surface area contributed by atoms with Crippen LogP contribution in [0.25, 0.3) is 10.6 Å². The van der Waals surface area contributed by atoms with E-state index in [0.29, 0.717) is 17.3 Å². The van der Waals surface area contributed by atoms with E-state index >= 15 is 0 Å². The average Bonchev–Trinajstić information content (AvgIpc) is 3.39. The van der Waals surface area contributed by atoms with Crippen LogP contribution in [-0.4, -0.2) is 49.4 Å². The summed E-state index contributed by atoms with van der Waals surface area (Å²) < 4.78 is 52.8. The number of thiophene rings is 1. The Morgan fingerprint density at radius 3 is 2.68 bits per heavy atom. The second-order valence-corrected chi connectivity index (χ2v) is 13.0. The molecule has 0 saturated heterocycles. The molecule has 0 spiro atoms. The lowest BCUT2D eigenvalue weighted by Gasteiger charge is -2.19. The molecule has 0 amide bonds. The van der Waals surface area contributed by atoms with Crippen molar-refractivity contribution in [3.8, 4) is 16.3 Å². The van der Waals surface area contributed by atoms with E-state index in [1.165, 1.54) is 34.2 Å². The Bertz CT molecular complexity index is 1600. The molecule has 0 unspecified atom stereocenters. The van der Waals surface area contributed by atoms with Crippen molar-refractivity contribution in [2.75, 3.05) is 16.7 Å². The lowest BCUT2D eigenvalue weighted by molar-refractivity contribution is 0.456. The normalized spacial score (nSPS) is 17.1. The number of sulfone groups is 1. The molecule has 5 rings (SSSR count). The van der Waals surface area contributed by atoms with Gasteiger partial charge in [0.15, 0.2) is 15.6 Å². The van der Waals surface area contributed by atoms with Crippen LogP contribution >= 0.6 is 11.3 Å². The summed E-state index contributed by atoms with van der Waals surface area (Å²) in [7, 11) is -7.59. The zero-order valence-electron chi connectivity index (χ0n) is 17.9. The van der Waals surface area contributed by atoms with Crippen LogP contribution in [0.1, 0.15) is 18.4 Å². The van der Waals surface area contributed by atoms with Gasteiger partial charge in [-0.05, 0) is 48.4 Å². The highest BCUT2D eigenvalue weighted by molar-refractivity contribution is 7.92. The molecule has 1 saturated carbocycles. The molecule has 0 radical (unpaired) electrons. The summed E-state index contributed by atoms with van der Waals surface area (Å²) in [5.74, 6) is -0.716. The number of aromatic nitrogens is 2. The van der Waals surface area contributed by atoms with E-state index in [4.69, 9.17) is 0 Å². The van der Waals surface area contributed by atoms with Gasteiger partial charge in [0.1, 0.15) is 11.3 Å². The van der Waals surface area contributed by atoms with E-state index in [1.54, 1.807) is 12.1 Å². The van der Waals surface area contributed by atoms with Gasteiger partial charge in [-0.3, -0.25) is 14.5 Å². The number of nitrogens with one attached hydrogen (secondary N) is 1. The molecular weight excluding hydrogens is 500 g/mol. The van der Waals surface area contributed by atoms with Gasteiger partial charge in [-0.1, -0.05) is 6.07 Å². The minimum Gasteiger partial charge on any atom is -0.505 e. The van der Waals surface area contributed by atoms with Gasteiger partial charge in [-0.2, -0.15) is 5.10 Å². The van der Waals surface area contributed by atoms with E-state index < -0.39 is 36.9 Å². The Hall–Kier alpha value is -3.03. The summed E-state index contributed by atoms with van der Waals surface area (Å²) in [6.45, 7) is 0.377. The first kappa shape index (κ1) is 22.7. The second kappa shape index (κ2) is 8.03. The molecule has 0 atom stereocenters. The van der Waals surface area contributed by atoms with E-state index in [9.17, 15) is 26.7 Å². The van der Waals surface area contributed by atoms with Crippen LogP contribution in [0.2, 0.25) is 0 Å². The molecule has 1 aliphatic heterocycles. The van der Waals surface area contributed by atoms with Crippen molar-refractivity contribution < 1.29 is 21.9 Å². The van der Waals surface area contributed by atoms with Crippen LogP contribution in [0.4, 0.5) is 11.4 Å². The van der Waals surface area contributed by atoms with Gasteiger partial charge in [0.25, 0.3) is 5.56 Å². The van der Waals surface area contributed by atoms with Crippen LogP contribution in [0.3, 0.4) is 0 Å². The maximum atomic E-state index is 13.3. The highest BCUT2D eigenvalue weighted by atomic mass is 32.2. The number of aromatic hydroxyl groups is 1. The highest BCUT2D eigenvalue weighted by Crippen LogP contribution is 2.37. The fourth-order valence-corrected chi connectivity index (χ4v) is 6.50. The van der Waals surface area contributed by atoms with Gasteiger partial charge in [-0.15, -0.1) is 11.3 Å². The van der Waals surface area contributed by atoms with Gasteiger partial charge in [-0.25, -0.2) is 21.5 Å². The van der Waals surface area contributed by atoms with E-state index in [2.05, 4.69) is 14.8 Å². The quantitative estimate of drug-likeness (QED) is 0.507. The summed E-state index contributed by atoms with van der Waals surface area (Å²) in [6.07, 6.45) is 2.91. The number of rotatable bonds is 6. The Balaban J connectivity index is 1.68. The molecular formula is C21H20N4O6S3. The first-order chi connectivity index (χ1) is 16.0. The smallest absolute Gasteiger partial charge is 0.279 e. The lowest BCUT2D eigenvalue weighted by Crippen LogP contribution is -2.33. The van der Waals surface area contributed by atoms with Crippen molar-refractivity contribution >= 4 is 48.3 Å². The highest BCUT2D eigenvalue weighted by Gasteiger charge is 2.33. The molecule has 13 heteroatoms. The van der Waals surface area contributed by atoms with Gasteiger partial charge < -0.3 is 5.11 Å². The van der Waals surface area contributed by atoms with Crippen molar-refractivity contribution in [2.45, 2.75) is 24.3 Å². The Kier molecular flexibility index (Phi) is 5.37. The predicted molar refractivity (Wildman–Crippen MR) is 129 cm³/mol. The molecule has 2 aromatic heterocycles. The predicted octanol–water partition coefficient (Wildman–Crippen LogP) is 2.37. The molecule has 1 fully saturated rings. The second-order valence-electron chi connectivity index (χ2n) is 8.35. The number of sulfonamides is 1. The van der Waals surface area contributed by atoms with E-state index in [-0.39, 0.29) is 33.2 Å². The standard InChI is InChI=1S/C21H20N4O6S3/c1-33(28,29)24-13-6-7-14-17(9-13)34(30,31)11-15(22-14)18-20(26)19(16-3-2-8-32-16)23-25(21(18)27)10-12-4-5-12/h2-3,6-9,12,24,26H,4-5,10-11H2,1H3. The minimum absolute atomic E-state index is 0.0577. The van der Waals surface area contributed by atoms with Crippen LogP contribution in [0.5, 0.6) is 5.75 Å². The topological polar surface area (TPSA) is 148 Å². The van der Waals surface area contributed by atoms with Crippen LogP contribution in [-0.2, 0) is 26.4 Å². The largest absolute Gasteiger partial charge is 0.505 e. The zero-order chi connectivity index (χ0) is 24.3. The summed E-state index contributed by atoms with van der Waals surface area (Å²) in [5, 5.41) is 17.2. The summed E-state index contributed by atoms with van der Waals surface area (Å²) in [6, 6.07) is 7.49. The number of aliphatic imine (C=N–C) groups is 1. The van der Waals surface area contributed by atoms with Gasteiger partial charge in [0.2, 0.25) is 10.0 Å². The summed E-state index contributed by atoms with van der Waals surface area (Å²) in [5.41, 5.74) is -0.527. The molecule has 2 aliphatic rings. The number of hydrogen-bond acceptors (Lipinski definition) is 9. The van der Waals surface area contributed by atoms with Crippen LogP contribution in [0.15, 0.2) is 50.4 Å². The zero-order valence-corrected chi connectivity index (χ0v) is 20.4. The van der Waals surface area contributed by atoms with Gasteiger partial charge in [0.05, 0.1) is 33.2 Å². The fraction of sp³-hybridized carbons (Fsp3) is 0.286. The summed E-state index contributed by atoms with van der Waals surface area (Å²) >= 11 is 1.34. The molecule has 1 aliphatic carbocycles. The number of hydrogen-bond donors (Lipinski definition) is 2. The number of nitrogens with zero attached hydrogens (tertiary/aromatic N) is 3. The SMILES string of the molecule is CS(=O)(=O)Nc1ccc2c(c1)S(=O)(=O)CC(c1c(O)c(-c3cccs3)nn(CC3CC3)c1=O)=N2. The first-order valence-electron chi connectivity index (χ1n) is 10.3. The first-order valence-corrected chi connectivity index (χ1v) is 14.7. The maximum absolute atomic E-state index is 13.3. The van der Waals surface area contributed by atoms with Gasteiger partial charge >= 0.3 is 0 Å². The number of benzene rings is 1. The van der Waals surface area contributed by atoms with Crippen LogP contribution in [0, 0.1) is 5.92 Å². The van der Waals surface area contributed by atoms with Crippen molar-refractivity contribution in [1.29, 1.82) is 0 Å². The van der Waals surface area contributed by atoms with Crippen molar-refractivity contribution in [2.24, 2.45) is 10.9 Å². The summed E-state index contributed by atoms with van der Waals surface area (Å²) in [4.78, 5) is 18.2. The van der Waals surface area contributed by atoms with Gasteiger partial charge in [0, 0.05) is 12.2 Å². The van der Waals surface area contributed by atoms with E-state index in [1.807, 2.05) is 5.38 Å². The molecule has 34 heavy (non-hydrogen) atoms. The fourth-order valence-electron chi connectivity index (χ4n) is 3.77. The third kappa shape index (κ3) is 4.38. The Labute approximate surface area is 199 Å². The maximum Gasteiger partial charge on any atom is 0.279 e. The number of anilines is 1. The Morgan fingerprint density at radius 2 is 2.03 bits per heavy atom. The monoisotopic (exact) mass is 520 g/mol. The molecule has 2 N–H and O–H groups in total.